The van der Waals surface area contributed by atoms with Gasteiger partial charge in [0, 0.05) is 35.0 Å². The fourth-order valence-electron chi connectivity index (χ4n) is 3.57. The van der Waals surface area contributed by atoms with Crippen LogP contribution in [0.4, 0.5) is 4.79 Å². The van der Waals surface area contributed by atoms with Gasteiger partial charge in [0.25, 0.3) is 0 Å². The molecule has 0 fully saturated rings. The number of aromatic nitrogens is 2. The first-order valence-corrected chi connectivity index (χ1v) is 11.8. The van der Waals surface area contributed by atoms with Crippen LogP contribution in [0.5, 0.6) is 11.5 Å². The number of hydrogen-bond donors (Lipinski definition) is 2. The van der Waals surface area contributed by atoms with E-state index in [0.717, 1.165) is 0 Å². The highest BCUT2D eigenvalue weighted by atomic mass is 32.2. The third-order valence-electron chi connectivity index (χ3n) is 5.07. The fraction of sp³-hybridized carbons (Fsp3) is 0.304. The molecule has 0 atom stereocenters. The van der Waals surface area contributed by atoms with Crippen molar-refractivity contribution in [3.63, 3.8) is 0 Å². The predicted octanol–water partition coefficient (Wildman–Crippen LogP) is 3.30. The number of ether oxygens (including phenoxy) is 2. The maximum atomic E-state index is 12.6. The van der Waals surface area contributed by atoms with E-state index in [0.29, 0.717) is 49.1 Å². The number of nitriles is 1. The Kier molecular flexibility index (Phi) is 7.14. The lowest BCUT2D eigenvalue weighted by molar-refractivity contribution is 0.145. The molecule has 0 bridgehead atoms. The Hall–Kier alpha value is -3.95. The Labute approximate surface area is 203 Å². The van der Waals surface area contributed by atoms with E-state index >= 15 is 0 Å². The summed E-state index contributed by atoms with van der Waals surface area (Å²) in [6.45, 7) is 4.20. The van der Waals surface area contributed by atoms with Crippen molar-refractivity contribution in [2.24, 2.45) is 0 Å². The van der Waals surface area contributed by atoms with Crippen LogP contribution in [0.15, 0.2) is 36.7 Å². The molecule has 1 aromatic carbocycles. The lowest BCUT2D eigenvalue weighted by Gasteiger charge is -2.31. The predicted molar refractivity (Wildman–Crippen MR) is 128 cm³/mol. The summed E-state index contributed by atoms with van der Waals surface area (Å²) in [4.78, 5) is 20.1. The lowest BCUT2D eigenvalue weighted by Crippen LogP contribution is -2.53. The zero-order chi connectivity index (χ0) is 26.0. The average Bonchev–Trinajstić information content (AvgIpc) is 2.79. The molecule has 0 saturated heterocycles. The number of methoxy groups -OCH3 is 2. The molecule has 3 aromatic rings. The maximum Gasteiger partial charge on any atom is 0.422 e. The zero-order valence-corrected chi connectivity index (χ0v) is 20.7. The summed E-state index contributed by atoms with van der Waals surface area (Å²) in [5, 5.41) is 19.7. The van der Waals surface area contributed by atoms with Crippen molar-refractivity contribution in [3.05, 3.63) is 47.9 Å². The van der Waals surface area contributed by atoms with Crippen LogP contribution >= 0.6 is 0 Å². The van der Waals surface area contributed by atoms with Gasteiger partial charge in [-0.3, -0.25) is 9.97 Å². The summed E-state index contributed by atoms with van der Waals surface area (Å²) in [7, 11) is -1.30. The smallest absolute Gasteiger partial charge is 0.422 e. The number of fused-ring (bicyclic) bond motifs is 1. The van der Waals surface area contributed by atoms with E-state index in [1.54, 1.807) is 24.3 Å². The van der Waals surface area contributed by atoms with Crippen LogP contribution in [0.25, 0.3) is 22.0 Å². The van der Waals surface area contributed by atoms with E-state index in [-0.39, 0.29) is 6.54 Å². The molecule has 2 N–H and O–H groups in total. The molecule has 0 saturated carbocycles. The second-order valence-electron chi connectivity index (χ2n) is 8.47. The van der Waals surface area contributed by atoms with Gasteiger partial charge in [0.15, 0.2) is 11.5 Å². The number of nitrogens with zero attached hydrogens (tertiary/aromatic N) is 4. The van der Waals surface area contributed by atoms with Crippen LogP contribution in [0.1, 0.15) is 32.0 Å². The van der Waals surface area contributed by atoms with Crippen LogP contribution < -0.4 is 14.2 Å². The number of benzene rings is 1. The molecular weight excluding hydrogens is 474 g/mol. The summed E-state index contributed by atoms with van der Waals surface area (Å²) in [6.07, 6.45) is 1.38. The molecule has 2 heterocycles. The summed E-state index contributed by atoms with van der Waals surface area (Å²) < 4.78 is 38.5. The van der Waals surface area contributed by atoms with Crippen molar-refractivity contribution < 1.29 is 27.8 Å². The quantitative estimate of drug-likeness (QED) is 0.498. The molecule has 11 nitrogen and oxygen atoms in total. The van der Waals surface area contributed by atoms with Crippen molar-refractivity contribution >= 4 is 27.2 Å². The standard InChI is InChI=1S/C23H25N5O6S/c1-23(2,3)28(22(29)30)35(31,32)27-13-16-7-6-14(11-25-16)21-15(10-24)12-26-18-9-20(34-5)19(33-4)8-17(18)21/h6-9,11-12,27H,13H2,1-5H3,(H,29,30). The van der Waals surface area contributed by atoms with Gasteiger partial charge in [-0.25, -0.2) is 4.79 Å². The third-order valence-corrected chi connectivity index (χ3v) is 6.76. The monoisotopic (exact) mass is 499 g/mol. The highest BCUT2D eigenvalue weighted by molar-refractivity contribution is 7.87. The molecule has 0 spiro atoms. The molecule has 1 amide bonds. The van der Waals surface area contributed by atoms with Gasteiger partial charge in [0.05, 0.1) is 43.1 Å². The number of nitrogens with one attached hydrogen (secondary N) is 1. The van der Waals surface area contributed by atoms with Gasteiger partial charge in [-0.15, -0.1) is 0 Å². The highest BCUT2D eigenvalue weighted by Gasteiger charge is 2.37. The highest BCUT2D eigenvalue weighted by Crippen LogP contribution is 2.37. The number of carboxylic acid groups (broad SMARTS) is 1. The topological polar surface area (TPSA) is 155 Å². The SMILES string of the molecule is COc1cc2ncc(C#N)c(-c3ccc(CNS(=O)(=O)N(C(=O)O)C(C)(C)C)nc3)c2cc1OC. The van der Waals surface area contributed by atoms with Gasteiger partial charge in [-0.2, -0.15) is 22.7 Å². The zero-order valence-electron chi connectivity index (χ0n) is 19.9. The fourth-order valence-corrected chi connectivity index (χ4v) is 4.96. The number of hydrogen-bond acceptors (Lipinski definition) is 8. The van der Waals surface area contributed by atoms with Crippen LogP contribution in [-0.2, 0) is 16.8 Å². The molecule has 0 aliphatic carbocycles. The Morgan fingerprint density at radius 2 is 1.80 bits per heavy atom. The Morgan fingerprint density at radius 3 is 2.31 bits per heavy atom. The second-order valence-corrected chi connectivity index (χ2v) is 10.1. The molecule has 35 heavy (non-hydrogen) atoms. The first-order chi connectivity index (χ1) is 16.4. The molecule has 184 valence electrons. The summed E-state index contributed by atoms with van der Waals surface area (Å²) in [6, 6.07) is 8.86. The molecule has 3 rings (SSSR count). The summed E-state index contributed by atoms with van der Waals surface area (Å²) in [5.74, 6) is 0.966. The van der Waals surface area contributed by atoms with Crippen LogP contribution in [0.3, 0.4) is 0 Å². The van der Waals surface area contributed by atoms with Crippen molar-refractivity contribution in [1.29, 1.82) is 5.26 Å². The third kappa shape index (κ3) is 5.26. The van der Waals surface area contributed by atoms with Crippen LogP contribution in [0, 0.1) is 11.3 Å². The number of pyridine rings is 2. The second kappa shape index (κ2) is 9.73. The van der Waals surface area contributed by atoms with E-state index in [1.807, 2.05) is 0 Å². The maximum absolute atomic E-state index is 12.6. The summed E-state index contributed by atoms with van der Waals surface area (Å²) in [5.41, 5.74) is 1.28. The minimum Gasteiger partial charge on any atom is -0.493 e. The number of carbonyl (C=O) groups is 1. The Morgan fingerprint density at radius 1 is 1.14 bits per heavy atom. The van der Waals surface area contributed by atoms with Gasteiger partial charge in [0.2, 0.25) is 0 Å². The Balaban J connectivity index is 1.96. The molecule has 0 unspecified atom stereocenters. The average molecular weight is 500 g/mol. The van der Waals surface area contributed by atoms with Crippen molar-refractivity contribution in [2.45, 2.75) is 32.9 Å². The van der Waals surface area contributed by atoms with Crippen molar-refractivity contribution in [3.8, 4) is 28.7 Å². The molecule has 2 aromatic heterocycles. The van der Waals surface area contributed by atoms with E-state index in [1.165, 1.54) is 47.4 Å². The van der Waals surface area contributed by atoms with Crippen molar-refractivity contribution in [1.82, 2.24) is 19.0 Å². The van der Waals surface area contributed by atoms with E-state index in [2.05, 4.69) is 20.8 Å². The van der Waals surface area contributed by atoms with E-state index in [9.17, 15) is 23.6 Å². The van der Waals surface area contributed by atoms with Crippen LogP contribution in [-0.4, -0.2) is 53.6 Å². The van der Waals surface area contributed by atoms with Crippen molar-refractivity contribution in [2.75, 3.05) is 14.2 Å². The normalized spacial score (nSPS) is 11.7. The van der Waals surface area contributed by atoms with E-state index in [4.69, 9.17) is 9.47 Å². The summed E-state index contributed by atoms with van der Waals surface area (Å²) >= 11 is 0. The molecule has 0 aliphatic heterocycles. The van der Waals surface area contributed by atoms with Crippen LogP contribution in [0.2, 0.25) is 0 Å². The minimum atomic E-state index is -4.33. The number of amides is 1. The van der Waals surface area contributed by atoms with Gasteiger partial charge >= 0.3 is 16.3 Å². The molecule has 0 radical (unpaired) electrons. The number of rotatable bonds is 7. The first-order valence-electron chi connectivity index (χ1n) is 10.4. The van der Waals surface area contributed by atoms with Gasteiger partial charge in [0.1, 0.15) is 6.07 Å². The largest absolute Gasteiger partial charge is 0.493 e. The van der Waals surface area contributed by atoms with E-state index < -0.39 is 21.8 Å². The molecular formula is C23H25N5O6S. The Bertz CT molecular complexity index is 1410. The lowest BCUT2D eigenvalue weighted by atomic mass is 9.97. The molecule has 12 heteroatoms. The van der Waals surface area contributed by atoms with Gasteiger partial charge in [-0.1, -0.05) is 6.07 Å². The van der Waals surface area contributed by atoms with Gasteiger partial charge in [-0.05, 0) is 32.9 Å². The van der Waals surface area contributed by atoms with Gasteiger partial charge < -0.3 is 14.6 Å². The molecule has 0 aliphatic rings. The minimum absolute atomic E-state index is 0.226. The first kappa shape index (κ1) is 25.7.